The van der Waals surface area contributed by atoms with Crippen molar-refractivity contribution in [3.8, 4) is 0 Å². The third-order valence-corrected chi connectivity index (χ3v) is 4.37. The fourth-order valence-electron chi connectivity index (χ4n) is 2.88. The van der Waals surface area contributed by atoms with Crippen LogP contribution in [0.25, 0.3) is 0 Å². The molecule has 0 amide bonds. The highest BCUT2D eigenvalue weighted by Crippen LogP contribution is 2.33. The van der Waals surface area contributed by atoms with Crippen LogP contribution in [0.3, 0.4) is 0 Å². The normalized spacial score (nSPS) is 23.1. The molecule has 0 saturated carbocycles. The molecule has 2 unspecified atom stereocenters. The summed E-state index contributed by atoms with van der Waals surface area (Å²) < 4.78 is 10.5. The van der Waals surface area contributed by atoms with E-state index in [0.29, 0.717) is 13.0 Å². The molecule has 1 aliphatic rings. The minimum absolute atomic E-state index is 0.0628. The molecule has 4 nitrogen and oxygen atoms in total. The Bertz CT molecular complexity index is 460. The Morgan fingerprint density at radius 3 is 2.67 bits per heavy atom. The number of carboxylic acids is 1. The summed E-state index contributed by atoms with van der Waals surface area (Å²) in [6.07, 6.45) is 2.37. The average Bonchev–Trinajstić information content (AvgIpc) is 2.92. The van der Waals surface area contributed by atoms with Crippen LogP contribution >= 0.6 is 0 Å². The zero-order valence-electron chi connectivity index (χ0n) is 12.8. The van der Waals surface area contributed by atoms with E-state index in [4.69, 9.17) is 9.47 Å². The molecule has 1 heterocycles. The van der Waals surface area contributed by atoms with Crippen LogP contribution < -0.4 is 0 Å². The van der Waals surface area contributed by atoms with Gasteiger partial charge in [-0.1, -0.05) is 31.2 Å². The topological polar surface area (TPSA) is 55.8 Å². The third-order valence-electron chi connectivity index (χ3n) is 4.37. The molecule has 0 aliphatic carbocycles. The SMILES string of the molecule is COCCCC(C(=O)O)c1ccc(C2(C)CCOC2)cc1. The summed E-state index contributed by atoms with van der Waals surface area (Å²) >= 11 is 0. The lowest BCUT2D eigenvalue weighted by molar-refractivity contribution is -0.139. The summed E-state index contributed by atoms with van der Waals surface area (Å²) in [6, 6.07) is 8.00. The van der Waals surface area contributed by atoms with Gasteiger partial charge in [-0.15, -0.1) is 0 Å². The van der Waals surface area contributed by atoms with Crippen molar-refractivity contribution in [2.24, 2.45) is 0 Å². The van der Waals surface area contributed by atoms with Gasteiger partial charge in [-0.2, -0.15) is 0 Å². The van der Waals surface area contributed by atoms with E-state index in [0.717, 1.165) is 31.6 Å². The van der Waals surface area contributed by atoms with E-state index in [1.165, 1.54) is 5.56 Å². The van der Waals surface area contributed by atoms with Gasteiger partial charge in [0.05, 0.1) is 12.5 Å². The lowest BCUT2D eigenvalue weighted by Crippen LogP contribution is -2.21. The number of carbonyl (C=O) groups is 1. The number of methoxy groups -OCH3 is 1. The first-order chi connectivity index (χ1) is 10.1. The van der Waals surface area contributed by atoms with Crippen molar-refractivity contribution >= 4 is 5.97 Å². The smallest absolute Gasteiger partial charge is 0.310 e. The Hall–Kier alpha value is -1.39. The first-order valence-electron chi connectivity index (χ1n) is 7.47. The third kappa shape index (κ3) is 3.83. The second-order valence-electron chi connectivity index (χ2n) is 6.01. The Morgan fingerprint density at radius 2 is 2.14 bits per heavy atom. The molecule has 1 fully saturated rings. The standard InChI is InChI=1S/C17H24O4/c1-17(9-11-21-12-17)14-7-5-13(6-8-14)15(16(18)19)4-3-10-20-2/h5-8,15H,3-4,9-12H2,1-2H3,(H,18,19). The van der Waals surface area contributed by atoms with Gasteiger partial charge in [0.15, 0.2) is 0 Å². The molecule has 1 aromatic carbocycles. The van der Waals surface area contributed by atoms with Gasteiger partial charge in [0.2, 0.25) is 0 Å². The number of benzene rings is 1. The van der Waals surface area contributed by atoms with Gasteiger partial charge in [-0.05, 0) is 30.4 Å². The van der Waals surface area contributed by atoms with Crippen LogP contribution in [-0.2, 0) is 19.7 Å². The van der Waals surface area contributed by atoms with Crippen LogP contribution in [-0.4, -0.2) is 38.0 Å². The number of carboxylic acid groups (broad SMARTS) is 1. The van der Waals surface area contributed by atoms with Gasteiger partial charge < -0.3 is 14.6 Å². The molecule has 0 aromatic heterocycles. The van der Waals surface area contributed by atoms with Crippen molar-refractivity contribution in [1.29, 1.82) is 0 Å². The van der Waals surface area contributed by atoms with Gasteiger partial charge in [-0.25, -0.2) is 0 Å². The second-order valence-corrected chi connectivity index (χ2v) is 6.01. The summed E-state index contributed by atoms with van der Waals surface area (Å²) in [6.45, 7) is 4.33. The molecular weight excluding hydrogens is 268 g/mol. The summed E-state index contributed by atoms with van der Waals surface area (Å²) in [5, 5.41) is 9.40. The molecule has 1 aliphatic heterocycles. The highest BCUT2D eigenvalue weighted by Gasteiger charge is 2.31. The molecule has 116 valence electrons. The van der Waals surface area contributed by atoms with E-state index in [-0.39, 0.29) is 5.41 Å². The van der Waals surface area contributed by atoms with E-state index in [2.05, 4.69) is 19.1 Å². The first kappa shape index (κ1) is 16.0. The average molecular weight is 292 g/mol. The molecular formula is C17H24O4. The number of hydrogen-bond donors (Lipinski definition) is 1. The Morgan fingerprint density at radius 1 is 1.43 bits per heavy atom. The summed E-state index contributed by atoms with van der Waals surface area (Å²) in [7, 11) is 1.63. The molecule has 2 rings (SSSR count). The number of hydrogen-bond acceptors (Lipinski definition) is 3. The number of ether oxygens (including phenoxy) is 2. The fourth-order valence-corrected chi connectivity index (χ4v) is 2.88. The summed E-state index contributed by atoms with van der Waals surface area (Å²) in [5.41, 5.74) is 2.16. The van der Waals surface area contributed by atoms with Gasteiger partial charge in [0.1, 0.15) is 0 Å². The Balaban J connectivity index is 2.10. The zero-order chi connectivity index (χ0) is 15.3. The summed E-state index contributed by atoms with van der Waals surface area (Å²) in [5.74, 6) is -1.23. The highest BCUT2D eigenvalue weighted by atomic mass is 16.5. The van der Waals surface area contributed by atoms with Crippen LogP contribution in [0.4, 0.5) is 0 Å². The lowest BCUT2D eigenvalue weighted by Gasteiger charge is -2.23. The minimum Gasteiger partial charge on any atom is -0.481 e. The number of aliphatic carboxylic acids is 1. The number of rotatable bonds is 7. The first-order valence-corrected chi connectivity index (χ1v) is 7.47. The van der Waals surface area contributed by atoms with E-state index >= 15 is 0 Å². The van der Waals surface area contributed by atoms with Gasteiger partial charge in [-0.3, -0.25) is 4.79 Å². The van der Waals surface area contributed by atoms with Crippen molar-refractivity contribution in [2.75, 3.05) is 26.9 Å². The van der Waals surface area contributed by atoms with Crippen molar-refractivity contribution in [3.63, 3.8) is 0 Å². The van der Waals surface area contributed by atoms with E-state index in [9.17, 15) is 9.90 Å². The molecule has 1 aromatic rings. The summed E-state index contributed by atoms with van der Waals surface area (Å²) in [4.78, 5) is 11.4. The molecule has 0 radical (unpaired) electrons. The van der Waals surface area contributed by atoms with E-state index < -0.39 is 11.9 Å². The minimum atomic E-state index is -0.769. The maximum absolute atomic E-state index is 11.4. The zero-order valence-corrected chi connectivity index (χ0v) is 12.8. The quantitative estimate of drug-likeness (QED) is 0.785. The Labute approximate surface area is 126 Å². The molecule has 2 atom stereocenters. The molecule has 1 N–H and O–H groups in total. The molecule has 21 heavy (non-hydrogen) atoms. The van der Waals surface area contributed by atoms with Crippen molar-refractivity contribution in [1.82, 2.24) is 0 Å². The predicted octanol–water partition coefficient (Wildman–Crippen LogP) is 2.96. The van der Waals surface area contributed by atoms with Gasteiger partial charge in [0.25, 0.3) is 0 Å². The highest BCUT2D eigenvalue weighted by molar-refractivity contribution is 5.76. The maximum atomic E-state index is 11.4. The van der Waals surface area contributed by atoms with Gasteiger partial charge >= 0.3 is 5.97 Å². The molecule has 4 heteroatoms. The van der Waals surface area contributed by atoms with Crippen molar-refractivity contribution in [2.45, 2.75) is 37.5 Å². The van der Waals surface area contributed by atoms with Crippen LogP contribution in [0.2, 0.25) is 0 Å². The molecule has 1 saturated heterocycles. The maximum Gasteiger partial charge on any atom is 0.310 e. The van der Waals surface area contributed by atoms with Crippen molar-refractivity contribution < 1.29 is 19.4 Å². The second kappa shape index (κ2) is 7.05. The largest absolute Gasteiger partial charge is 0.481 e. The Kier molecular flexibility index (Phi) is 5.37. The van der Waals surface area contributed by atoms with Crippen molar-refractivity contribution in [3.05, 3.63) is 35.4 Å². The van der Waals surface area contributed by atoms with Gasteiger partial charge in [0, 0.05) is 25.7 Å². The van der Waals surface area contributed by atoms with Crippen LogP contribution in [0.15, 0.2) is 24.3 Å². The van der Waals surface area contributed by atoms with Crippen LogP contribution in [0, 0.1) is 0 Å². The molecule has 0 spiro atoms. The predicted molar refractivity (Wildman–Crippen MR) is 80.7 cm³/mol. The monoisotopic (exact) mass is 292 g/mol. The molecule has 0 bridgehead atoms. The van der Waals surface area contributed by atoms with Crippen LogP contribution in [0.1, 0.15) is 43.2 Å². The fraction of sp³-hybridized carbons (Fsp3) is 0.588. The van der Waals surface area contributed by atoms with E-state index in [1.807, 2.05) is 12.1 Å². The van der Waals surface area contributed by atoms with Crippen LogP contribution in [0.5, 0.6) is 0 Å². The van der Waals surface area contributed by atoms with E-state index in [1.54, 1.807) is 7.11 Å². The lowest BCUT2D eigenvalue weighted by atomic mass is 9.81.